The minimum atomic E-state index is -1.55. The van der Waals surface area contributed by atoms with E-state index in [2.05, 4.69) is 26.3 Å². The van der Waals surface area contributed by atoms with Crippen LogP contribution >= 0.6 is 11.8 Å². The van der Waals surface area contributed by atoms with Crippen LogP contribution in [-0.4, -0.2) is 98.9 Å². The van der Waals surface area contributed by atoms with Gasteiger partial charge in [-0.15, -0.1) is 0 Å². The van der Waals surface area contributed by atoms with E-state index in [0.717, 1.165) is 10.9 Å². The summed E-state index contributed by atoms with van der Waals surface area (Å²) in [5.41, 5.74) is 13.2. The number of aliphatic carboxylic acids is 2. The smallest absolute Gasteiger partial charge is 0.326 e. The summed E-state index contributed by atoms with van der Waals surface area (Å²) in [5.74, 6) is -5.94. The fourth-order valence-corrected chi connectivity index (χ4v) is 5.81. The maximum atomic E-state index is 13.9. The molecule has 0 spiro atoms. The monoisotopic (exact) mass is 739 g/mol. The lowest BCUT2D eigenvalue weighted by molar-refractivity contribution is -0.143. The number of amides is 5. The van der Waals surface area contributed by atoms with E-state index in [-0.39, 0.29) is 32.1 Å². The summed E-state index contributed by atoms with van der Waals surface area (Å²) in [6.07, 6.45) is 2.46. The van der Waals surface area contributed by atoms with Gasteiger partial charge in [-0.2, -0.15) is 11.8 Å². The Kier molecular flexibility index (Phi) is 16.1. The highest BCUT2D eigenvalue weighted by Crippen LogP contribution is 2.20. The molecule has 16 nitrogen and oxygen atoms in total. The molecule has 0 aliphatic rings. The molecule has 3 aromatic rings. The predicted molar refractivity (Wildman–Crippen MR) is 194 cm³/mol. The first-order chi connectivity index (χ1) is 24.8. The number of hydrogen-bond donors (Lipinski definition) is 9. The number of carbonyl (C=O) groups is 7. The number of aromatic nitrogens is 1. The Balaban J connectivity index is 1.88. The quantitative estimate of drug-likeness (QED) is 0.0671. The van der Waals surface area contributed by atoms with E-state index < -0.39 is 84.5 Å². The van der Waals surface area contributed by atoms with Crippen LogP contribution in [0.4, 0.5) is 0 Å². The van der Waals surface area contributed by atoms with Crippen molar-refractivity contribution >= 4 is 64.1 Å². The molecule has 52 heavy (non-hydrogen) atoms. The number of carboxylic acid groups (broad SMARTS) is 2. The number of thioether (sulfide) groups is 1. The first kappa shape index (κ1) is 41.0. The third-order valence-corrected chi connectivity index (χ3v) is 8.84. The molecular weight excluding hydrogens is 694 g/mol. The van der Waals surface area contributed by atoms with Gasteiger partial charge in [-0.1, -0.05) is 48.5 Å². The van der Waals surface area contributed by atoms with Crippen LogP contribution in [-0.2, 0) is 46.4 Å². The molecule has 5 atom stereocenters. The van der Waals surface area contributed by atoms with Crippen molar-refractivity contribution in [3.05, 3.63) is 71.9 Å². The van der Waals surface area contributed by atoms with Crippen molar-refractivity contribution in [1.29, 1.82) is 0 Å². The van der Waals surface area contributed by atoms with Crippen LogP contribution in [0.5, 0.6) is 0 Å². The van der Waals surface area contributed by atoms with E-state index >= 15 is 0 Å². The number of hydrogen-bond acceptors (Lipinski definition) is 9. The zero-order valence-electron chi connectivity index (χ0n) is 28.6. The number of rotatable bonds is 22. The van der Waals surface area contributed by atoms with Crippen molar-refractivity contribution in [1.82, 2.24) is 26.3 Å². The molecule has 0 bridgehead atoms. The molecule has 0 fully saturated rings. The number of carboxylic acids is 2. The van der Waals surface area contributed by atoms with E-state index in [1.54, 1.807) is 48.9 Å². The number of fused-ring (bicyclic) bond motifs is 1. The zero-order valence-corrected chi connectivity index (χ0v) is 29.4. The van der Waals surface area contributed by atoms with E-state index in [1.165, 1.54) is 11.8 Å². The Morgan fingerprint density at radius 2 is 1.29 bits per heavy atom. The second kappa shape index (κ2) is 20.4. The molecule has 1 heterocycles. The molecule has 0 aliphatic carbocycles. The number of aromatic amines is 1. The lowest BCUT2D eigenvalue weighted by atomic mass is 10.0. The van der Waals surface area contributed by atoms with Gasteiger partial charge in [0.2, 0.25) is 29.5 Å². The number of carbonyl (C=O) groups excluding carboxylic acids is 5. The van der Waals surface area contributed by atoms with Crippen LogP contribution in [0.1, 0.15) is 43.2 Å². The minimum Gasteiger partial charge on any atom is -0.481 e. The minimum absolute atomic E-state index is 0.0380. The lowest BCUT2D eigenvalue weighted by Crippen LogP contribution is -2.59. The highest BCUT2D eigenvalue weighted by Gasteiger charge is 2.32. The Morgan fingerprint density at radius 3 is 1.92 bits per heavy atom. The van der Waals surface area contributed by atoms with Gasteiger partial charge in [-0.05, 0) is 48.5 Å². The Morgan fingerprint density at radius 1 is 0.712 bits per heavy atom. The maximum absolute atomic E-state index is 13.9. The highest BCUT2D eigenvalue weighted by molar-refractivity contribution is 7.98. The van der Waals surface area contributed by atoms with Gasteiger partial charge in [0.15, 0.2) is 0 Å². The second-order valence-corrected chi connectivity index (χ2v) is 13.1. The van der Waals surface area contributed by atoms with Gasteiger partial charge >= 0.3 is 11.9 Å². The lowest BCUT2D eigenvalue weighted by Gasteiger charge is -2.26. The average Bonchev–Trinajstić information content (AvgIpc) is 3.52. The number of primary amides is 1. The van der Waals surface area contributed by atoms with Crippen molar-refractivity contribution in [2.75, 3.05) is 12.0 Å². The number of benzene rings is 2. The van der Waals surface area contributed by atoms with Gasteiger partial charge in [0.1, 0.15) is 24.2 Å². The van der Waals surface area contributed by atoms with Crippen LogP contribution < -0.4 is 32.7 Å². The number of nitrogens with two attached hydrogens (primary N) is 2. The van der Waals surface area contributed by atoms with E-state index in [1.807, 2.05) is 18.2 Å². The standard InChI is InChI=1S/C35H45N7O9S/c1-52-16-15-25(39-33(48)27(17-20-7-3-2-4-8-20)41-31(46)23(36)11-13-29(37)43)32(47)42-28(18-21-19-38-24-10-6-5-9-22(21)24)34(49)40-26(35(50)51)12-14-30(44)45/h2-10,19,23,25-28,38H,11-18,36H2,1H3,(H2,37,43)(H,39,48)(H,40,49)(H,41,46)(H,42,47)(H,44,45)(H,50,51)/t23-,25-,26-,27-,28-/m0/s1. The van der Waals surface area contributed by atoms with Crippen molar-refractivity contribution in [2.24, 2.45) is 11.5 Å². The van der Waals surface area contributed by atoms with Gasteiger partial charge in [0.25, 0.3) is 0 Å². The summed E-state index contributed by atoms with van der Waals surface area (Å²) in [6, 6.07) is 9.66. The van der Waals surface area contributed by atoms with Crippen molar-refractivity contribution in [3.63, 3.8) is 0 Å². The maximum Gasteiger partial charge on any atom is 0.326 e. The fourth-order valence-electron chi connectivity index (χ4n) is 5.34. The van der Waals surface area contributed by atoms with Gasteiger partial charge in [-0.3, -0.25) is 28.8 Å². The molecule has 0 saturated carbocycles. The summed E-state index contributed by atoms with van der Waals surface area (Å²) < 4.78 is 0. The van der Waals surface area contributed by atoms with Crippen LogP contribution in [0.15, 0.2) is 60.8 Å². The molecule has 0 aliphatic heterocycles. The van der Waals surface area contributed by atoms with Crippen LogP contribution in [0.3, 0.4) is 0 Å². The predicted octanol–water partition coefficient (Wildman–Crippen LogP) is 0.188. The van der Waals surface area contributed by atoms with Gasteiger partial charge in [0, 0.05) is 42.8 Å². The third-order valence-electron chi connectivity index (χ3n) is 8.19. The zero-order chi connectivity index (χ0) is 38.2. The summed E-state index contributed by atoms with van der Waals surface area (Å²) >= 11 is 1.41. The molecule has 280 valence electrons. The molecular formula is C35H45N7O9S. The molecule has 0 radical (unpaired) electrons. The third kappa shape index (κ3) is 13.0. The van der Waals surface area contributed by atoms with Crippen LogP contribution in [0, 0.1) is 0 Å². The molecule has 3 rings (SSSR count). The topological polar surface area (TPSA) is 276 Å². The highest BCUT2D eigenvalue weighted by atomic mass is 32.2. The van der Waals surface area contributed by atoms with Crippen molar-refractivity contribution in [3.8, 4) is 0 Å². The van der Waals surface area contributed by atoms with Crippen LogP contribution in [0.2, 0.25) is 0 Å². The summed E-state index contributed by atoms with van der Waals surface area (Å²) in [6.45, 7) is 0. The SMILES string of the molecule is CSCC[C@H](NC(=O)[C@H](Cc1ccccc1)NC(=O)[C@@H](N)CCC(N)=O)C(=O)N[C@@H](Cc1c[nH]c2ccccc12)C(=O)N[C@@H](CCC(=O)O)C(=O)O. The van der Waals surface area contributed by atoms with Crippen molar-refractivity contribution < 1.29 is 43.8 Å². The molecule has 17 heteroatoms. The Bertz CT molecular complexity index is 1720. The van der Waals surface area contributed by atoms with Gasteiger partial charge in [-0.25, -0.2) is 4.79 Å². The molecule has 2 aromatic carbocycles. The van der Waals surface area contributed by atoms with E-state index in [9.17, 15) is 38.7 Å². The Labute approximate surface area is 304 Å². The van der Waals surface area contributed by atoms with Gasteiger partial charge < -0.3 is 47.9 Å². The summed E-state index contributed by atoms with van der Waals surface area (Å²) in [5, 5.41) is 29.9. The van der Waals surface area contributed by atoms with E-state index in [0.29, 0.717) is 16.9 Å². The van der Waals surface area contributed by atoms with Crippen molar-refractivity contribution in [2.45, 2.75) is 75.2 Å². The molecule has 11 N–H and O–H groups in total. The first-order valence-corrected chi connectivity index (χ1v) is 18.0. The number of H-pyrrole nitrogens is 1. The molecule has 0 saturated heterocycles. The van der Waals surface area contributed by atoms with Gasteiger partial charge in [0.05, 0.1) is 6.04 Å². The first-order valence-electron chi connectivity index (χ1n) is 16.6. The molecule has 0 unspecified atom stereocenters. The van der Waals surface area contributed by atoms with E-state index in [4.69, 9.17) is 16.6 Å². The second-order valence-electron chi connectivity index (χ2n) is 12.2. The number of para-hydroxylation sites is 1. The normalized spacial score (nSPS) is 13.9. The number of nitrogens with one attached hydrogen (secondary N) is 5. The Hall–Kier alpha value is -5.42. The summed E-state index contributed by atoms with van der Waals surface area (Å²) in [7, 11) is 0. The summed E-state index contributed by atoms with van der Waals surface area (Å²) in [4.78, 5) is 91.7. The van der Waals surface area contributed by atoms with Crippen LogP contribution in [0.25, 0.3) is 10.9 Å². The largest absolute Gasteiger partial charge is 0.481 e. The fraction of sp³-hybridized carbons (Fsp3) is 0.400. The molecule has 5 amide bonds. The molecule has 1 aromatic heterocycles. The average molecular weight is 740 g/mol.